The predicted octanol–water partition coefficient (Wildman–Crippen LogP) is 3.59. The summed E-state index contributed by atoms with van der Waals surface area (Å²) in [6.45, 7) is 2.80. The molecule has 1 aromatic rings. The standard InChI is InChI=1S/C13H20ClNOS/c1-9-3-2-4-13(6-9,8-15)12(16)11-5-10(14)7-17-11/h5,7,9,12,16H,2-4,6,8,15H2,1H3. The molecule has 1 heterocycles. The van der Waals surface area contributed by atoms with Crippen LogP contribution in [0.25, 0.3) is 0 Å². The van der Waals surface area contributed by atoms with Crippen LogP contribution in [0.3, 0.4) is 0 Å². The molecule has 0 radical (unpaired) electrons. The van der Waals surface area contributed by atoms with E-state index < -0.39 is 6.10 Å². The van der Waals surface area contributed by atoms with Crippen LogP contribution in [-0.4, -0.2) is 11.7 Å². The summed E-state index contributed by atoms with van der Waals surface area (Å²) in [5, 5.41) is 13.2. The minimum atomic E-state index is -0.465. The van der Waals surface area contributed by atoms with E-state index in [1.54, 1.807) is 0 Å². The van der Waals surface area contributed by atoms with Gasteiger partial charge in [-0.3, -0.25) is 0 Å². The Morgan fingerprint density at radius 2 is 2.47 bits per heavy atom. The highest BCUT2D eigenvalue weighted by Gasteiger charge is 2.41. The number of nitrogens with two attached hydrogens (primary N) is 1. The molecule has 0 aromatic carbocycles. The van der Waals surface area contributed by atoms with Crippen molar-refractivity contribution >= 4 is 22.9 Å². The molecule has 3 unspecified atom stereocenters. The van der Waals surface area contributed by atoms with Crippen LogP contribution in [0.2, 0.25) is 5.02 Å². The number of rotatable bonds is 3. The van der Waals surface area contributed by atoms with Gasteiger partial charge in [0, 0.05) is 22.2 Å². The molecule has 2 nitrogen and oxygen atoms in total. The van der Waals surface area contributed by atoms with Gasteiger partial charge in [-0.05, 0) is 24.8 Å². The summed E-state index contributed by atoms with van der Waals surface area (Å²) in [5.41, 5.74) is 5.81. The number of halogens is 1. The Morgan fingerprint density at radius 1 is 1.71 bits per heavy atom. The van der Waals surface area contributed by atoms with Crippen molar-refractivity contribution in [2.75, 3.05) is 6.54 Å². The van der Waals surface area contributed by atoms with Gasteiger partial charge in [-0.1, -0.05) is 31.4 Å². The number of hydrogen-bond donors (Lipinski definition) is 2. The van der Waals surface area contributed by atoms with Gasteiger partial charge >= 0.3 is 0 Å². The molecule has 1 aromatic heterocycles. The Kier molecular flexibility index (Phi) is 4.14. The van der Waals surface area contributed by atoms with E-state index in [-0.39, 0.29) is 5.41 Å². The number of aliphatic hydroxyl groups excluding tert-OH is 1. The third-order valence-corrected chi connectivity index (χ3v) is 5.30. The molecule has 0 aliphatic heterocycles. The predicted molar refractivity (Wildman–Crippen MR) is 73.4 cm³/mol. The van der Waals surface area contributed by atoms with E-state index in [2.05, 4.69) is 6.92 Å². The first-order chi connectivity index (χ1) is 8.07. The Labute approximate surface area is 112 Å². The third-order valence-electron chi connectivity index (χ3n) is 3.97. The average molecular weight is 274 g/mol. The van der Waals surface area contributed by atoms with Gasteiger partial charge in [0.15, 0.2) is 0 Å². The first-order valence-electron chi connectivity index (χ1n) is 6.19. The van der Waals surface area contributed by atoms with Crippen LogP contribution in [0.4, 0.5) is 0 Å². The normalized spacial score (nSPS) is 31.4. The molecule has 17 heavy (non-hydrogen) atoms. The lowest BCUT2D eigenvalue weighted by molar-refractivity contribution is -0.0108. The van der Waals surface area contributed by atoms with E-state index in [0.717, 1.165) is 24.1 Å². The lowest BCUT2D eigenvalue weighted by Gasteiger charge is -2.42. The minimum absolute atomic E-state index is 0.147. The van der Waals surface area contributed by atoms with E-state index in [1.165, 1.54) is 17.8 Å². The molecule has 1 saturated carbocycles. The van der Waals surface area contributed by atoms with E-state index >= 15 is 0 Å². The molecule has 1 aliphatic carbocycles. The highest BCUT2D eigenvalue weighted by molar-refractivity contribution is 7.10. The second-order valence-electron chi connectivity index (χ2n) is 5.34. The average Bonchev–Trinajstić information content (AvgIpc) is 2.74. The zero-order valence-electron chi connectivity index (χ0n) is 10.2. The van der Waals surface area contributed by atoms with Crippen molar-refractivity contribution in [1.29, 1.82) is 0 Å². The van der Waals surface area contributed by atoms with Crippen LogP contribution in [0.1, 0.15) is 43.6 Å². The smallest absolute Gasteiger partial charge is 0.0950 e. The molecule has 3 N–H and O–H groups in total. The highest BCUT2D eigenvalue weighted by Crippen LogP contribution is 2.48. The first kappa shape index (κ1) is 13.3. The molecule has 1 fully saturated rings. The molecule has 0 amide bonds. The topological polar surface area (TPSA) is 46.2 Å². The summed E-state index contributed by atoms with van der Waals surface area (Å²) in [6.07, 6.45) is 3.98. The van der Waals surface area contributed by atoms with Crippen molar-refractivity contribution in [1.82, 2.24) is 0 Å². The van der Waals surface area contributed by atoms with Crippen molar-refractivity contribution in [3.8, 4) is 0 Å². The summed E-state index contributed by atoms with van der Waals surface area (Å²) in [4.78, 5) is 0.953. The fourth-order valence-corrected chi connectivity index (χ4v) is 4.23. The van der Waals surface area contributed by atoms with Crippen molar-refractivity contribution in [3.63, 3.8) is 0 Å². The van der Waals surface area contributed by atoms with Gasteiger partial charge in [0.2, 0.25) is 0 Å². The van der Waals surface area contributed by atoms with Crippen LogP contribution in [-0.2, 0) is 0 Å². The summed E-state index contributed by atoms with van der Waals surface area (Å²) >= 11 is 7.46. The lowest BCUT2D eigenvalue weighted by atomic mass is 9.66. The SMILES string of the molecule is CC1CCCC(CN)(C(O)c2cc(Cl)cs2)C1. The molecule has 3 atom stereocenters. The van der Waals surface area contributed by atoms with Crippen LogP contribution in [0.15, 0.2) is 11.4 Å². The van der Waals surface area contributed by atoms with E-state index in [9.17, 15) is 5.11 Å². The van der Waals surface area contributed by atoms with Gasteiger partial charge in [-0.15, -0.1) is 11.3 Å². The fourth-order valence-electron chi connectivity index (χ4n) is 3.02. The largest absolute Gasteiger partial charge is 0.387 e. The van der Waals surface area contributed by atoms with Gasteiger partial charge in [0.05, 0.1) is 11.1 Å². The van der Waals surface area contributed by atoms with Gasteiger partial charge in [-0.25, -0.2) is 0 Å². The molecule has 0 spiro atoms. The fraction of sp³-hybridized carbons (Fsp3) is 0.692. The third kappa shape index (κ3) is 2.68. The number of hydrogen-bond acceptors (Lipinski definition) is 3. The maximum atomic E-state index is 10.6. The van der Waals surface area contributed by atoms with Gasteiger partial charge < -0.3 is 10.8 Å². The van der Waals surface area contributed by atoms with Crippen molar-refractivity contribution in [2.24, 2.45) is 17.1 Å². The molecule has 2 rings (SSSR count). The minimum Gasteiger partial charge on any atom is -0.387 e. The summed E-state index contributed by atoms with van der Waals surface area (Å²) < 4.78 is 0. The first-order valence-corrected chi connectivity index (χ1v) is 7.45. The number of aliphatic hydroxyl groups is 1. The second-order valence-corrected chi connectivity index (χ2v) is 6.72. The van der Waals surface area contributed by atoms with Crippen LogP contribution >= 0.6 is 22.9 Å². The summed E-state index contributed by atoms with van der Waals surface area (Å²) in [5.74, 6) is 0.650. The zero-order chi connectivity index (χ0) is 12.5. The molecular weight excluding hydrogens is 254 g/mol. The molecular formula is C13H20ClNOS. The maximum Gasteiger partial charge on any atom is 0.0950 e. The summed E-state index contributed by atoms with van der Waals surface area (Å²) in [6, 6.07) is 1.87. The van der Waals surface area contributed by atoms with Gasteiger partial charge in [0.1, 0.15) is 0 Å². The Morgan fingerprint density at radius 3 is 3.00 bits per heavy atom. The highest BCUT2D eigenvalue weighted by atomic mass is 35.5. The van der Waals surface area contributed by atoms with Crippen molar-refractivity contribution < 1.29 is 5.11 Å². The van der Waals surface area contributed by atoms with Crippen molar-refractivity contribution in [3.05, 3.63) is 21.3 Å². The summed E-state index contributed by atoms with van der Waals surface area (Å²) in [7, 11) is 0. The molecule has 1 aliphatic rings. The Balaban J connectivity index is 2.22. The van der Waals surface area contributed by atoms with Gasteiger partial charge in [-0.2, -0.15) is 0 Å². The van der Waals surface area contributed by atoms with E-state index in [0.29, 0.717) is 17.5 Å². The van der Waals surface area contributed by atoms with E-state index in [1.807, 2.05) is 11.4 Å². The Bertz CT molecular complexity index is 381. The number of thiophene rings is 1. The van der Waals surface area contributed by atoms with Gasteiger partial charge in [0.25, 0.3) is 0 Å². The van der Waals surface area contributed by atoms with Crippen LogP contribution in [0, 0.1) is 11.3 Å². The van der Waals surface area contributed by atoms with Crippen molar-refractivity contribution in [2.45, 2.75) is 38.7 Å². The molecule has 0 saturated heterocycles. The maximum absolute atomic E-state index is 10.6. The molecule has 4 heteroatoms. The Hall–Kier alpha value is -0.0900. The second kappa shape index (κ2) is 5.27. The molecule has 96 valence electrons. The van der Waals surface area contributed by atoms with E-state index in [4.69, 9.17) is 17.3 Å². The van der Waals surface area contributed by atoms with Crippen LogP contribution < -0.4 is 5.73 Å². The lowest BCUT2D eigenvalue weighted by Crippen LogP contribution is -2.40. The zero-order valence-corrected chi connectivity index (χ0v) is 11.7. The monoisotopic (exact) mass is 273 g/mol. The molecule has 0 bridgehead atoms. The van der Waals surface area contributed by atoms with Crippen LogP contribution in [0.5, 0.6) is 0 Å². The quantitative estimate of drug-likeness (QED) is 0.884.